The van der Waals surface area contributed by atoms with Gasteiger partial charge in [0.25, 0.3) is 0 Å². The van der Waals surface area contributed by atoms with E-state index in [1.807, 2.05) is 18.2 Å². The third-order valence-corrected chi connectivity index (χ3v) is 5.10. The number of aromatic amines is 1. The van der Waals surface area contributed by atoms with Gasteiger partial charge in [-0.25, -0.2) is 0 Å². The van der Waals surface area contributed by atoms with Crippen molar-refractivity contribution < 1.29 is 5.11 Å². The van der Waals surface area contributed by atoms with Crippen LogP contribution in [0, 0.1) is 0 Å². The van der Waals surface area contributed by atoms with E-state index in [0.717, 1.165) is 34.8 Å². The topological polar surface area (TPSA) is 48.0 Å². The molecule has 0 spiro atoms. The first-order valence-corrected chi connectivity index (χ1v) is 8.36. The normalized spacial score (nSPS) is 17.2. The number of para-hydroxylation sites is 1. The van der Waals surface area contributed by atoms with Crippen molar-refractivity contribution in [3.05, 3.63) is 77.5 Å². The average molecular weight is 314 g/mol. The van der Waals surface area contributed by atoms with Crippen LogP contribution >= 0.6 is 0 Å². The molecule has 0 aliphatic carbocycles. The lowest BCUT2D eigenvalue weighted by Gasteiger charge is -2.26. The van der Waals surface area contributed by atoms with Gasteiger partial charge in [0.1, 0.15) is 5.75 Å². The molecule has 5 rings (SSSR count). The van der Waals surface area contributed by atoms with Crippen molar-refractivity contribution in [2.75, 3.05) is 6.54 Å². The fraction of sp³-hybridized carbons (Fsp3) is 0.143. The van der Waals surface area contributed by atoms with E-state index in [2.05, 4.69) is 46.7 Å². The molecular formula is C21H18N2O. The molecule has 3 N–H and O–H groups in total. The predicted octanol–water partition coefficient (Wildman–Crippen LogP) is 4.26. The monoisotopic (exact) mass is 314 g/mol. The quantitative estimate of drug-likeness (QED) is 0.491. The zero-order chi connectivity index (χ0) is 16.1. The van der Waals surface area contributed by atoms with Gasteiger partial charge in [-0.15, -0.1) is 0 Å². The Labute approximate surface area is 139 Å². The minimum absolute atomic E-state index is 0.0211. The van der Waals surface area contributed by atoms with Crippen molar-refractivity contribution in [3.63, 3.8) is 0 Å². The first-order valence-electron chi connectivity index (χ1n) is 8.36. The summed E-state index contributed by atoms with van der Waals surface area (Å²) < 4.78 is 0. The lowest BCUT2D eigenvalue weighted by molar-refractivity contribution is 0.454. The van der Waals surface area contributed by atoms with Crippen LogP contribution in [0.25, 0.3) is 21.7 Å². The highest BCUT2D eigenvalue weighted by Gasteiger charge is 2.28. The van der Waals surface area contributed by atoms with Crippen LogP contribution in [0.3, 0.4) is 0 Å². The number of benzene rings is 3. The molecule has 1 aliphatic heterocycles. The SMILES string of the molecule is Oc1ccc2ccccc2c1C1NCCc2c1[nH]c1ccccc21. The summed E-state index contributed by atoms with van der Waals surface area (Å²) in [5.74, 6) is 0.345. The smallest absolute Gasteiger partial charge is 0.121 e. The van der Waals surface area contributed by atoms with Crippen LogP contribution in [0.4, 0.5) is 0 Å². The molecule has 1 atom stereocenters. The summed E-state index contributed by atoms with van der Waals surface area (Å²) in [6, 6.07) is 20.4. The molecule has 1 unspecified atom stereocenters. The number of nitrogens with one attached hydrogen (secondary N) is 2. The molecule has 0 saturated heterocycles. The fourth-order valence-corrected chi connectivity index (χ4v) is 4.01. The molecule has 2 heterocycles. The molecule has 0 bridgehead atoms. The number of aromatic hydroxyl groups is 1. The molecule has 1 aliphatic rings. The molecule has 3 nitrogen and oxygen atoms in total. The van der Waals surface area contributed by atoms with Gasteiger partial charge in [-0.2, -0.15) is 0 Å². The minimum atomic E-state index is -0.0211. The first kappa shape index (κ1) is 13.6. The largest absolute Gasteiger partial charge is 0.508 e. The van der Waals surface area contributed by atoms with E-state index in [0.29, 0.717) is 5.75 Å². The Bertz CT molecular complexity index is 1060. The van der Waals surface area contributed by atoms with Crippen LogP contribution in [0.15, 0.2) is 60.7 Å². The summed E-state index contributed by atoms with van der Waals surface area (Å²) in [6.07, 6.45) is 1.00. The molecule has 24 heavy (non-hydrogen) atoms. The third kappa shape index (κ3) is 1.88. The molecule has 0 fully saturated rings. The summed E-state index contributed by atoms with van der Waals surface area (Å²) in [7, 11) is 0. The number of phenolic OH excluding ortho intramolecular Hbond substituents is 1. The Balaban J connectivity index is 1.80. The average Bonchev–Trinajstić information content (AvgIpc) is 3.01. The lowest BCUT2D eigenvalue weighted by Crippen LogP contribution is -2.30. The second kappa shape index (κ2) is 5.11. The summed E-state index contributed by atoms with van der Waals surface area (Å²) in [4.78, 5) is 3.58. The Morgan fingerprint density at radius 3 is 2.58 bits per heavy atom. The molecule has 0 radical (unpaired) electrons. The van der Waals surface area contributed by atoms with Gasteiger partial charge >= 0.3 is 0 Å². The molecule has 118 valence electrons. The molecular weight excluding hydrogens is 296 g/mol. The zero-order valence-corrected chi connectivity index (χ0v) is 13.2. The summed E-state index contributed by atoms with van der Waals surface area (Å²) in [5, 5.41) is 17.7. The number of H-pyrrole nitrogens is 1. The highest BCUT2D eigenvalue weighted by molar-refractivity contribution is 5.90. The molecule has 3 heteroatoms. The van der Waals surface area contributed by atoms with Crippen molar-refractivity contribution in [3.8, 4) is 5.75 Å². The van der Waals surface area contributed by atoms with Crippen LogP contribution < -0.4 is 5.32 Å². The second-order valence-corrected chi connectivity index (χ2v) is 6.42. The van der Waals surface area contributed by atoms with E-state index < -0.39 is 0 Å². The van der Waals surface area contributed by atoms with Gasteiger partial charge in [-0.3, -0.25) is 0 Å². The van der Waals surface area contributed by atoms with Gasteiger partial charge in [-0.05, 0) is 34.9 Å². The van der Waals surface area contributed by atoms with Crippen molar-refractivity contribution in [1.82, 2.24) is 10.3 Å². The number of hydrogen-bond acceptors (Lipinski definition) is 2. The summed E-state index contributed by atoms with van der Waals surface area (Å²) >= 11 is 0. The predicted molar refractivity (Wildman–Crippen MR) is 97.5 cm³/mol. The Hall–Kier alpha value is -2.78. The van der Waals surface area contributed by atoms with Crippen molar-refractivity contribution in [2.24, 2.45) is 0 Å². The second-order valence-electron chi connectivity index (χ2n) is 6.42. The molecule has 0 amide bonds. The maximum Gasteiger partial charge on any atom is 0.121 e. The van der Waals surface area contributed by atoms with Gasteiger partial charge in [0.05, 0.1) is 6.04 Å². The number of phenols is 1. The molecule has 4 aromatic rings. The first-order chi connectivity index (χ1) is 11.8. The highest BCUT2D eigenvalue weighted by Crippen LogP contribution is 2.39. The van der Waals surface area contributed by atoms with E-state index in [1.54, 1.807) is 6.07 Å². The van der Waals surface area contributed by atoms with Crippen LogP contribution in [-0.4, -0.2) is 16.6 Å². The van der Waals surface area contributed by atoms with E-state index in [4.69, 9.17) is 0 Å². The maximum atomic E-state index is 10.6. The van der Waals surface area contributed by atoms with Gasteiger partial charge in [0, 0.05) is 28.7 Å². The number of hydrogen-bond donors (Lipinski definition) is 3. The molecule has 1 aromatic heterocycles. The Kier molecular flexibility index (Phi) is 2.91. The van der Waals surface area contributed by atoms with E-state index in [9.17, 15) is 5.11 Å². The van der Waals surface area contributed by atoms with E-state index in [1.165, 1.54) is 16.6 Å². The lowest BCUT2D eigenvalue weighted by atomic mass is 9.90. The minimum Gasteiger partial charge on any atom is -0.508 e. The van der Waals surface area contributed by atoms with Gasteiger partial charge in [0.15, 0.2) is 0 Å². The van der Waals surface area contributed by atoms with Crippen molar-refractivity contribution >= 4 is 21.7 Å². The molecule has 3 aromatic carbocycles. The maximum absolute atomic E-state index is 10.6. The number of rotatable bonds is 1. The van der Waals surface area contributed by atoms with E-state index in [-0.39, 0.29) is 6.04 Å². The zero-order valence-electron chi connectivity index (χ0n) is 13.2. The Morgan fingerprint density at radius 2 is 1.67 bits per heavy atom. The summed E-state index contributed by atoms with van der Waals surface area (Å²) in [6.45, 7) is 0.905. The van der Waals surface area contributed by atoms with Crippen molar-refractivity contribution in [2.45, 2.75) is 12.5 Å². The van der Waals surface area contributed by atoms with Crippen molar-refractivity contribution in [1.29, 1.82) is 0 Å². The fourth-order valence-electron chi connectivity index (χ4n) is 4.01. The number of aromatic nitrogens is 1. The molecule has 0 saturated carbocycles. The van der Waals surface area contributed by atoms with Crippen LogP contribution in [0.1, 0.15) is 22.9 Å². The van der Waals surface area contributed by atoms with Gasteiger partial charge in [-0.1, -0.05) is 48.5 Å². The third-order valence-electron chi connectivity index (χ3n) is 5.10. The van der Waals surface area contributed by atoms with Crippen LogP contribution in [0.5, 0.6) is 5.75 Å². The van der Waals surface area contributed by atoms with Crippen LogP contribution in [0.2, 0.25) is 0 Å². The van der Waals surface area contributed by atoms with Gasteiger partial charge in [0.2, 0.25) is 0 Å². The van der Waals surface area contributed by atoms with Gasteiger partial charge < -0.3 is 15.4 Å². The Morgan fingerprint density at radius 1 is 0.875 bits per heavy atom. The standard InChI is InChI=1S/C21H18N2O/c24-18-10-9-13-5-1-2-6-14(13)19(18)21-20-16(11-12-22-21)15-7-3-4-8-17(15)23-20/h1-10,21-24H,11-12H2. The van der Waals surface area contributed by atoms with E-state index >= 15 is 0 Å². The van der Waals surface area contributed by atoms with Crippen LogP contribution in [-0.2, 0) is 6.42 Å². The number of fused-ring (bicyclic) bond motifs is 4. The summed E-state index contributed by atoms with van der Waals surface area (Å²) in [5.41, 5.74) is 4.66. The highest BCUT2D eigenvalue weighted by atomic mass is 16.3.